The van der Waals surface area contributed by atoms with Gasteiger partial charge in [-0.05, 0) is 24.7 Å². The monoisotopic (exact) mass is 256 g/mol. The molecular formula is C15H28O3. The minimum Gasteiger partial charge on any atom is -0.498 e. The van der Waals surface area contributed by atoms with Crippen molar-refractivity contribution in [1.82, 2.24) is 0 Å². The number of hydrogen-bond acceptors (Lipinski definition) is 3. The third-order valence-corrected chi connectivity index (χ3v) is 3.19. The van der Waals surface area contributed by atoms with Gasteiger partial charge in [0.15, 0.2) is 0 Å². The van der Waals surface area contributed by atoms with Gasteiger partial charge in [-0.15, -0.1) is 0 Å². The van der Waals surface area contributed by atoms with Gasteiger partial charge in [0.2, 0.25) is 0 Å². The van der Waals surface area contributed by atoms with Crippen LogP contribution < -0.4 is 0 Å². The Kier molecular flexibility index (Phi) is 6.44. The van der Waals surface area contributed by atoms with Crippen LogP contribution in [0.25, 0.3) is 0 Å². The van der Waals surface area contributed by atoms with Crippen molar-refractivity contribution in [2.24, 2.45) is 16.7 Å². The molecule has 0 saturated carbocycles. The van der Waals surface area contributed by atoms with Crippen LogP contribution >= 0.6 is 0 Å². The van der Waals surface area contributed by atoms with Crippen LogP contribution in [0.4, 0.5) is 0 Å². The molecule has 0 N–H and O–H groups in total. The molecule has 0 spiro atoms. The fourth-order valence-electron chi connectivity index (χ4n) is 2.04. The fourth-order valence-corrected chi connectivity index (χ4v) is 2.04. The Labute approximate surface area is 112 Å². The zero-order valence-electron chi connectivity index (χ0n) is 12.7. The van der Waals surface area contributed by atoms with Crippen LogP contribution in [0.15, 0.2) is 12.8 Å². The van der Waals surface area contributed by atoms with Gasteiger partial charge in [-0.25, -0.2) is 0 Å². The molecule has 0 radical (unpaired) electrons. The number of esters is 1. The van der Waals surface area contributed by atoms with Gasteiger partial charge >= 0.3 is 5.97 Å². The van der Waals surface area contributed by atoms with Crippen LogP contribution in [0.3, 0.4) is 0 Å². The Hall–Kier alpha value is -0.990. The molecule has 3 heteroatoms. The van der Waals surface area contributed by atoms with E-state index >= 15 is 0 Å². The molecule has 0 amide bonds. The van der Waals surface area contributed by atoms with Crippen LogP contribution in [-0.4, -0.2) is 19.2 Å². The molecule has 0 aliphatic heterocycles. The molecule has 0 saturated heterocycles. The first kappa shape index (κ1) is 17.0. The standard InChI is InChI=1S/C15H28O3/c1-8-17-9-10-18-13(16)15(7,12(2)3)11-14(4,5)6/h8,12H,1,9-11H2,2-7H3. The molecule has 1 atom stereocenters. The van der Waals surface area contributed by atoms with E-state index < -0.39 is 5.41 Å². The minimum absolute atomic E-state index is 0.0929. The molecule has 0 bridgehead atoms. The maximum atomic E-state index is 12.2. The minimum atomic E-state index is -0.452. The highest BCUT2D eigenvalue weighted by molar-refractivity contribution is 5.76. The third-order valence-electron chi connectivity index (χ3n) is 3.19. The van der Waals surface area contributed by atoms with Crippen molar-refractivity contribution in [2.75, 3.05) is 13.2 Å². The van der Waals surface area contributed by atoms with Crippen molar-refractivity contribution in [3.8, 4) is 0 Å². The van der Waals surface area contributed by atoms with Crippen LogP contribution in [0, 0.1) is 16.7 Å². The first-order chi connectivity index (χ1) is 8.13. The van der Waals surface area contributed by atoms with Crippen LogP contribution in [0.1, 0.15) is 48.0 Å². The van der Waals surface area contributed by atoms with E-state index in [1.54, 1.807) is 0 Å². The van der Waals surface area contributed by atoms with Gasteiger partial charge in [0.25, 0.3) is 0 Å². The largest absolute Gasteiger partial charge is 0.498 e. The number of hydrogen-bond donors (Lipinski definition) is 0. The lowest BCUT2D eigenvalue weighted by Crippen LogP contribution is -2.38. The van der Waals surface area contributed by atoms with E-state index in [0.717, 1.165) is 6.42 Å². The molecule has 18 heavy (non-hydrogen) atoms. The lowest BCUT2D eigenvalue weighted by Gasteiger charge is -2.36. The van der Waals surface area contributed by atoms with E-state index in [2.05, 4.69) is 41.2 Å². The number of carbonyl (C=O) groups excluding carboxylic acids is 1. The van der Waals surface area contributed by atoms with Crippen LogP contribution in [-0.2, 0) is 14.3 Å². The van der Waals surface area contributed by atoms with E-state index in [1.807, 2.05) is 6.92 Å². The molecule has 0 fully saturated rings. The normalized spacial score (nSPS) is 15.1. The number of carbonyl (C=O) groups is 1. The highest BCUT2D eigenvalue weighted by atomic mass is 16.6. The van der Waals surface area contributed by atoms with E-state index in [9.17, 15) is 4.79 Å². The molecular weight excluding hydrogens is 228 g/mol. The van der Waals surface area contributed by atoms with Gasteiger partial charge in [-0.2, -0.15) is 0 Å². The van der Waals surface area contributed by atoms with Crippen molar-refractivity contribution < 1.29 is 14.3 Å². The summed E-state index contributed by atoms with van der Waals surface area (Å²) in [5.74, 6) is 0.102. The van der Waals surface area contributed by atoms with Gasteiger partial charge in [-0.3, -0.25) is 4.79 Å². The van der Waals surface area contributed by atoms with Crippen molar-refractivity contribution in [2.45, 2.75) is 48.0 Å². The lowest BCUT2D eigenvalue weighted by molar-refractivity contribution is -0.161. The summed E-state index contributed by atoms with van der Waals surface area (Å²) in [4.78, 5) is 12.2. The summed E-state index contributed by atoms with van der Waals surface area (Å²) in [6.45, 7) is 16.6. The van der Waals surface area contributed by atoms with E-state index in [4.69, 9.17) is 9.47 Å². The Balaban J connectivity index is 4.58. The summed E-state index contributed by atoms with van der Waals surface area (Å²) in [5.41, 5.74) is -0.359. The predicted molar refractivity (Wildman–Crippen MR) is 74.1 cm³/mol. The fraction of sp³-hybridized carbons (Fsp3) is 0.800. The van der Waals surface area contributed by atoms with Gasteiger partial charge in [0.1, 0.15) is 13.2 Å². The SMILES string of the molecule is C=COCCOC(=O)C(C)(CC(C)(C)C)C(C)C. The van der Waals surface area contributed by atoms with Crippen molar-refractivity contribution >= 4 is 5.97 Å². The molecule has 3 nitrogen and oxygen atoms in total. The highest BCUT2D eigenvalue weighted by Gasteiger charge is 2.41. The number of rotatable bonds is 7. The molecule has 0 aliphatic carbocycles. The highest BCUT2D eigenvalue weighted by Crippen LogP contribution is 2.40. The zero-order valence-corrected chi connectivity index (χ0v) is 12.7. The molecule has 0 heterocycles. The van der Waals surface area contributed by atoms with Crippen LogP contribution in [0.5, 0.6) is 0 Å². The summed E-state index contributed by atoms with van der Waals surface area (Å²) in [6.07, 6.45) is 2.16. The van der Waals surface area contributed by atoms with Gasteiger partial charge < -0.3 is 9.47 Å². The Morgan fingerprint density at radius 1 is 1.22 bits per heavy atom. The molecule has 0 aromatic carbocycles. The summed E-state index contributed by atoms with van der Waals surface area (Å²) in [6, 6.07) is 0. The summed E-state index contributed by atoms with van der Waals surface area (Å²) in [7, 11) is 0. The van der Waals surface area contributed by atoms with E-state index in [-0.39, 0.29) is 23.9 Å². The molecule has 0 aliphatic rings. The van der Waals surface area contributed by atoms with Crippen molar-refractivity contribution in [3.05, 3.63) is 12.8 Å². The first-order valence-electron chi connectivity index (χ1n) is 6.53. The second-order valence-corrected chi connectivity index (χ2v) is 6.48. The molecule has 106 valence electrons. The van der Waals surface area contributed by atoms with Crippen molar-refractivity contribution in [3.63, 3.8) is 0 Å². The second kappa shape index (κ2) is 6.81. The molecule has 1 unspecified atom stereocenters. The van der Waals surface area contributed by atoms with Crippen LogP contribution in [0.2, 0.25) is 0 Å². The maximum Gasteiger partial charge on any atom is 0.312 e. The quantitative estimate of drug-likeness (QED) is 0.395. The van der Waals surface area contributed by atoms with Gasteiger partial charge in [0.05, 0.1) is 11.7 Å². The van der Waals surface area contributed by atoms with Gasteiger partial charge in [-0.1, -0.05) is 41.2 Å². The summed E-state index contributed by atoms with van der Waals surface area (Å²) in [5, 5.41) is 0. The maximum absolute atomic E-state index is 12.2. The lowest BCUT2D eigenvalue weighted by atomic mass is 9.69. The molecule has 0 aromatic rings. The Morgan fingerprint density at radius 3 is 2.17 bits per heavy atom. The molecule has 0 aromatic heterocycles. The molecule has 0 rings (SSSR count). The topological polar surface area (TPSA) is 35.5 Å². The summed E-state index contributed by atoms with van der Waals surface area (Å²) >= 11 is 0. The summed E-state index contributed by atoms with van der Waals surface area (Å²) < 4.78 is 10.2. The predicted octanol–water partition coefficient (Wildman–Crippen LogP) is 3.79. The van der Waals surface area contributed by atoms with E-state index in [0.29, 0.717) is 6.61 Å². The third kappa shape index (κ3) is 5.56. The number of ether oxygens (including phenoxy) is 2. The zero-order chi connectivity index (χ0) is 14.4. The Morgan fingerprint density at radius 2 is 1.78 bits per heavy atom. The Bertz CT molecular complexity index is 276. The van der Waals surface area contributed by atoms with E-state index in [1.165, 1.54) is 6.26 Å². The average molecular weight is 256 g/mol. The first-order valence-corrected chi connectivity index (χ1v) is 6.53. The smallest absolute Gasteiger partial charge is 0.312 e. The second-order valence-electron chi connectivity index (χ2n) is 6.48. The van der Waals surface area contributed by atoms with Gasteiger partial charge in [0, 0.05) is 0 Å². The van der Waals surface area contributed by atoms with Crippen molar-refractivity contribution in [1.29, 1.82) is 0 Å². The average Bonchev–Trinajstić information content (AvgIpc) is 2.21.